The highest BCUT2D eigenvalue weighted by molar-refractivity contribution is 6.30. The first kappa shape index (κ1) is 41.9. The van der Waals surface area contributed by atoms with Crippen LogP contribution in [0.5, 0.6) is 5.75 Å². The average Bonchev–Trinajstić information content (AvgIpc) is 2.94. The van der Waals surface area contributed by atoms with Crippen molar-refractivity contribution in [3.8, 4) is 17.0 Å². The molecular weight excluding hydrogens is 560 g/mol. The van der Waals surface area contributed by atoms with E-state index in [1.165, 1.54) is 12.0 Å². The van der Waals surface area contributed by atoms with Crippen LogP contribution in [0.1, 0.15) is 101 Å². The van der Waals surface area contributed by atoms with Crippen LogP contribution >= 0.6 is 11.6 Å². The first-order valence-electron chi connectivity index (χ1n) is 14.5. The van der Waals surface area contributed by atoms with E-state index in [-0.39, 0.29) is 16.9 Å². The molecule has 1 heterocycles. The van der Waals surface area contributed by atoms with Gasteiger partial charge in [0.15, 0.2) is 0 Å². The summed E-state index contributed by atoms with van der Waals surface area (Å²) in [7, 11) is 1.96. The average molecular weight is 615 g/mol. The quantitative estimate of drug-likeness (QED) is 0.288. The fourth-order valence-electron chi connectivity index (χ4n) is 3.07. The second-order valence-electron chi connectivity index (χ2n) is 11.8. The normalized spacial score (nSPS) is 11.3. The van der Waals surface area contributed by atoms with Crippen LogP contribution in [0.3, 0.4) is 0 Å². The molecule has 2 N–H and O–H groups in total. The second-order valence-corrected chi connectivity index (χ2v) is 12.3. The van der Waals surface area contributed by atoms with Crippen LogP contribution in [-0.2, 0) is 19.7 Å². The summed E-state index contributed by atoms with van der Waals surface area (Å²) >= 11 is 5.99. The number of nitrogens with zero attached hydrogens (tertiary/aromatic N) is 1. The summed E-state index contributed by atoms with van der Waals surface area (Å²) in [6.07, 6.45) is 6.70. The van der Waals surface area contributed by atoms with Gasteiger partial charge in [-0.1, -0.05) is 57.5 Å². The minimum absolute atomic E-state index is 0.0538. The van der Waals surface area contributed by atoms with Crippen molar-refractivity contribution in [1.82, 2.24) is 10.3 Å². The molecule has 0 bridgehead atoms. The molecule has 43 heavy (non-hydrogen) atoms. The molecule has 6 nitrogen and oxygen atoms in total. The summed E-state index contributed by atoms with van der Waals surface area (Å²) in [6.45, 7) is 26.6. The molecule has 0 amide bonds. The molecule has 0 radical (unpaired) electrons. The molecule has 0 aliphatic carbocycles. The van der Waals surface area contributed by atoms with Crippen LogP contribution in [0.15, 0.2) is 59.6 Å². The van der Waals surface area contributed by atoms with Gasteiger partial charge in [-0.15, -0.1) is 0 Å². The molecule has 0 atom stereocenters. The molecule has 7 heteroatoms. The van der Waals surface area contributed by atoms with E-state index in [1.807, 2.05) is 119 Å². The molecule has 0 saturated carbocycles. The lowest BCUT2D eigenvalue weighted by atomic mass is 9.84. The number of halogens is 1. The standard InChI is InChI=1S/C22H26ClNO2.C9H16O.C4H11N.CH2O/c1-14(25)22(5,6)12-11-18-20(26)17(21(2,3)4)13-19(24-18)15-7-9-16(23)10-8-15;1-6-8(4)10-9(5)7(2)3;1-3-4-5-2;1-2/h7-13,26H,1-6H3;6H,1-5H3;5H,3-4H2,1-2H3;1H2/b12-11+;8-6+;;. The fraction of sp³-hybridized carbons (Fsp3) is 0.472. The van der Waals surface area contributed by atoms with E-state index in [1.54, 1.807) is 19.1 Å². The number of aromatic nitrogens is 1. The minimum Gasteiger partial charge on any atom is -0.505 e. The number of carbonyl (C=O) groups excluding carboxylic acids is 2. The van der Waals surface area contributed by atoms with Crippen molar-refractivity contribution < 1.29 is 19.4 Å². The summed E-state index contributed by atoms with van der Waals surface area (Å²) < 4.78 is 5.40. The van der Waals surface area contributed by atoms with Crippen molar-refractivity contribution in [1.29, 1.82) is 0 Å². The number of ketones is 1. The zero-order valence-corrected chi connectivity index (χ0v) is 29.5. The molecule has 0 fully saturated rings. The topological polar surface area (TPSA) is 88.5 Å². The Balaban J connectivity index is 0. The van der Waals surface area contributed by atoms with Gasteiger partial charge in [-0.05, 0) is 117 Å². The molecule has 0 aliphatic heterocycles. The van der Waals surface area contributed by atoms with Crippen molar-refractivity contribution in [3.05, 3.63) is 75.9 Å². The van der Waals surface area contributed by atoms with Crippen molar-refractivity contribution in [2.45, 2.75) is 94.9 Å². The van der Waals surface area contributed by atoms with E-state index in [0.717, 1.165) is 34.9 Å². The van der Waals surface area contributed by atoms with Gasteiger partial charge in [0.2, 0.25) is 0 Å². The Morgan fingerprint density at radius 2 is 1.58 bits per heavy atom. The molecule has 1 aromatic heterocycles. The molecule has 1 aromatic carbocycles. The third kappa shape index (κ3) is 16.3. The number of allylic oxidation sites excluding steroid dienone is 5. The number of hydrogen-bond donors (Lipinski definition) is 2. The zero-order chi connectivity index (χ0) is 34.0. The Morgan fingerprint density at radius 3 is 1.95 bits per heavy atom. The highest BCUT2D eigenvalue weighted by Crippen LogP contribution is 2.37. The molecule has 240 valence electrons. The van der Waals surface area contributed by atoms with Gasteiger partial charge in [0.05, 0.1) is 17.2 Å². The maximum Gasteiger partial charge on any atom is 0.144 e. The van der Waals surface area contributed by atoms with Gasteiger partial charge < -0.3 is 20.0 Å². The molecular formula is C36H55ClN2O4. The van der Waals surface area contributed by atoms with E-state index in [9.17, 15) is 9.90 Å². The van der Waals surface area contributed by atoms with Gasteiger partial charge in [0, 0.05) is 21.6 Å². The van der Waals surface area contributed by atoms with Crippen LogP contribution in [0.2, 0.25) is 5.02 Å². The number of hydrogen-bond acceptors (Lipinski definition) is 6. The Labute approximate surface area is 266 Å². The number of ether oxygens (including phenoxy) is 1. The second kappa shape index (κ2) is 20.6. The first-order valence-corrected chi connectivity index (χ1v) is 14.9. The van der Waals surface area contributed by atoms with Crippen LogP contribution in [0.25, 0.3) is 17.3 Å². The Hall–Kier alpha value is -3.22. The van der Waals surface area contributed by atoms with E-state index in [0.29, 0.717) is 10.7 Å². The summed E-state index contributed by atoms with van der Waals surface area (Å²) in [4.78, 5) is 24.4. The number of Topliss-reactive ketones (excluding diaryl/α,β-unsaturated/α-hetero) is 1. The molecule has 0 unspecified atom stereocenters. The number of aromatic hydroxyl groups is 1. The highest BCUT2D eigenvalue weighted by atomic mass is 35.5. The van der Waals surface area contributed by atoms with Crippen LogP contribution in [0.4, 0.5) is 0 Å². The van der Waals surface area contributed by atoms with E-state index >= 15 is 0 Å². The predicted molar refractivity (Wildman–Crippen MR) is 184 cm³/mol. The largest absolute Gasteiger partial charge is 0.505 e. The molecule has 0 saturated heterocycles. The fourth-order valence-corrected chi connectivity index (χ4v) is 3.20. The Kier molecular flexibility index (Phi) is 20.1. The summed E-state index contributed by atoms with van der Waals surface area (Å²) in [5, 5.41) is 14.4. The first-order chi connectivity index (χ1) is 19.9. The van der Waals surface area contributed by atoms with Crippen LogP contribution < -0.4 is 5.32 Å². The maximum absolute atomic E-state index is 11.8. The van der Waals surface area contributed by atoms with E-state index < -0.39 is 5.41 Å². The zero-order valence-electron chi connectivity index (χ0n) is 28.7. The van der Waals surface area contributed by atoms with Crippen LogP contribution in [0, 0.1) is 5.41 Å². The molecule has 2 rings (SSSR count). The molecule has 0 aliphatic rings. The lowest BCUT2D eigenvalue weighted by molar-refractivity contribution is -0.122. The van der Waals surface area contributed by atoms with Gasteiger partial charge in [-0.3, -0.25) is 4.79 Å². The third-order valence-corrected chi connectivity index (χ3v) is 6.71. The molecule has 2 aromatic rings. The monoisotopic (exact) mass is 614 g/mol. The van der Waals surface area contributed by atoms with Gasteiger partial charge in [0.25, 0.3) is 0 Å². The summed E-state index contributed by atoms with van der Waals surface area (Å²) in [6, 6.07) is 9.35. The number of nitrogens with one attached hydrogen (secondary N) is 1. The number of benzene rings is 1. The number of pyridine rings is 1. The molecule has 0 spiro atoms. The van der Waals surface area contributed by atoms with Gasteiger partial charge in [-0.25, -0.2) is 4.98 Å². The lowest BCUT2D eigenvalue weighted by Crippen LogP contribution is -2.18. The minimum atomic E-state index is -0.619. The smallest absolute Gasteiger partial charge is 0.144 e. The Morgan fingerprint density at radius 1 is 1.05 bits per heavy atom. The van der Waals surface area contributed by atoms with Crippen molar-refractivity contribution in [2.75, 3.05) is 13.6 Å². The van der Waals surface area contributed by atoms with E-state index in [2.05, 4.69) is 17.2 Å². The van der Waals surface area contributed by atoms with Gasteiger partial charge in [-0.2, -0.15) is 0 Å². The Bertz CT molecular complexity index is 1220. The lowest BCUT2D eigenvalue weighted by Gasteiger charge is -2.22. The van der Waals surface area contributed by atoms with E-state index in [4.69, 9.17) is 21.1 Å². The predicted octanol–water partition coefficient (Wildman–Crippen LogP) is 9.70. The number of rotatable bonds is 8. The summed E-state index contributed by atoms with van der Waals surface area (Å²) in [5.74, 6) is 2.15. The SMILES string of the molecule is C/C=C(\C)OC(C)=C(C)C.C=O.CC(=O)C(C)(C)/C=C/c1nc(-c2ccc(Cl)cc2)cc(C(C)(C)C)c1O.CCCNC. The highest BCUT2D eigenvalue weighted by Gasteiger charge is 2.24. The van der Waals surface area contributed by atoms with Crippen molar-refractivity contribution in [2.24, 2.45) is 5.41 Å². The van der Waals surface area contributed by atoms with Gasteiger partial charge in [0.1, 0.15) is 24.0 Å². The summed E-state index contributed by atoms with van der Waals surface area (Å²) in [5.41, 5.74) is 3.28. The van der Waals surface area contributed by atoms with Crippen LogP contribution in [-0.4, -0.2) is 36.3 Å². The number of carbonyl (C=O) groups is 2. The third-order valence-electron chi connectivity index (χ3n) is 6.46. The van der Waals surface area contributed by atoms with Gasteiger partial charge >= 0.3 is 0 Å². The van der Waals surface area contributed by atoms with Crippen molar-refractivity contribution >= 4 is 30.2 Å². The van der Waals surface area contributed by atoms with Crippen molar-refractivity contribution in [3.63, 3.8) is 0 Å². The maximum atomic E-state index is 11.8.